The topological polar surface area (TPSA) is 136 Å². The minimum absolute atomic E-state index is 0.0913. The highest BCUT2D eigenvalue weighted by molar-refractivity contribution is 5.97. The lowest BCUT2D eigenvalue weighted by Gasteiger charge is -2.28. The van der Waals surface area contributed by atoms with E-state index in [0.717, 1.165) is 22.3 Å². The van der Waals surface area contributed by atoms with E-state index in [0.29, 0.717) is 10.5 Å². The maximum Gasteiger partial charge on any atom is 0.417 e. The molecule has 0 spiro atoms. The van der Waals surface area contributed by atoms with Crippen molar-refractivity contribution in [2.45, 2.75) is 31.4 Å². The monoisotopic (exact) mass is 516 g/mol. The van der Waals surface area contributed by atoms with Crippen molar-refractivity contribution in [3.05, 3.63) is 95.6 Å². The van der Waals surface area contributed by atoms with E-state index in [2.05, 4.69) is 0 Å². The SMILES string of the molecule is NCC(=O)N(C(=O)OCC1c2ccccc2-c2ccccc21)[C@@H](CCC(=O)O)C(=O)OCc1ccccc1. The maximum atomic E-state index is 13.3. The van der Waals surface area contributed by atoms with Gasteiger partial charge in [-0.3, -0.25) is 9.59 Å². The Morgan fingerprint density at radius 1 is 0.842 bits per heavy atom. The second kappa shape index (κ2) is 12.2. The molecular weight excluding hydrogens is 488 g/mol. The Bertz CT molecular complexity index is 1280. The van der Waals surface area contributed by atoms with Crippen molar-refractivity contribution in [2.24, 2.45) is 5.73 Å². The van der Waals surface area contributed by atoms with Gasteiger partial charge in [0.15, 0.2) is 0 Å². The van der Waals surface area contributed by atoms with Crippen LogP contribution < -0.4 is 5.73 Å². The molecule has 1 atom stereocenters. The zero-order chi connectivity index (χ0) is 27.1. The lowest BCUT2D eigenvalue weighted by molar-refractivity contribution is -0.155. The molecule has 0 fully saturated rings. The number of amides is 2. The molecule has 1 aliphatic rings. The molecule has 9 nitrogen and oxygen atoms in total. The van der Waals surface area contributed by atoms with E-state index in [-0.39, 0.29) is 25.6 Å². The highest BCUT2D eigenvalue weighted by Crippen LogP contribution is 2.44. The highest BCUT2D eigenvalue weighted by atomic mass is 16.6. The van der Waals surface area contributed by atoms with Gasteiger partial charge < -0.3 is 20.3 Å². The average molecular weight is 517 g/mol. The standard InChI is InChI=1S/C29H28N2O7/c30-16-26(32)31(25(14-15-27(33)34)28(35)37-17-19-8-2-1-3-9-19)29(36)38-18-24-22-12-6-4-10-20(22)21-11-5-7-13-23(21)24/h1-13,24-25H,14-18,30H2,(H,33,34)/t25-/m0/s1. The van der Waals surface area contributed by atoms with Crippen LogP contribution in [0.5, 0.6) is 0 Å². The number of benzene rings is 3. The number of hydrogen-bond donors (Lipinski definition) is 2. The number of fused-ring (bicyclic) bond motifs is 3. The first-order valence-electron chi connectivity index (χ1n) is 12.2. The summed E-state index contributed by atoms with van der Waals surface area (Å²) in [5, 5.41) is 9.20. The number of carboxylic acids is 1. The molecule has 0 aromatic heterocycles. The van der Waals surface area contributed by atoms with Crippen LogP contribution in [0.3, 0.4) is 0 Å². The Balaban J connectivity index is 1.54. The van der Waals surface area contributed by atoms with Gasteiger partial charge in [0.25, 0.3) is 0 Å². The Morgan fingerprint density at radius 3 is 2.00 bits per heavy atom. The second-order valence-electron chi connectivity index (χ2n) is 8.81. The fraction of sp³-hybridized carbons (Fsp3) is 0.241. The van der Waals surface area contributed by atoms with Crippen molar-refractivity contribution in [1.29, 1.82) is 0 Å². The van der Waals surface area contributed by atoms with Gasteiger partial charge >= 0.3 is 18.0 Å². The number of nitrogens with zero attached hydrogens (tertiary/aromatic N) is 1. The summed E-state index contributed by atoms with van der Waals surface area (Å²) in [7, 11) is 0. The molecule has 196 valence electrons. The van der Waals surface area contributed by atoms with E-state index in [1.54, 1.807) is 30.3 Å². The molecule has 0 unspecified atom stereocenters. The van der Waals surface area contributed by atoms with Gasteiger partial charge in [0, 0.05) is 12.3 Å². The van der Waals surface area contributed by atoms with Gasteiger partial charge in [-0.05, 0) is 34.2 Å². The summed E-state index contributed by atoms with van der Waals surface area (Å²) >= 11 is 0. The van der Waals surface area contributed by atoms with Gasteiger partial charge in [-0.1, -0.05) is 78.9 Å². The van der Waals surface area contributed by atoms with Crippen LogP contribution in [0, 0.1) is 0 Å². The molecule has 38 heavy (non-hydrogen) atoms. The summed E-state index contributed by atoms with van der Waals surface area (Å²) in [5.74, 6) is -3.28. The van der Waals surface area contributed by atoms with Crippen molar-refractivity contribution in [3.8, 4) is 11.1 Å². The van der Waals surface area contributed by atoms with Gasteiger partial charge in [-0.25, -0.2) is 14.5 Å². The van der Waals surface area contributed by atoms with Crippen molar-refractivity contribution in [1.82, 2.24) is 4.90 Å². The minimum atomic E-state index is -1.51. The van der Waals surface area contributed by atoms with Crippen LogP contribution in [0.4, 0.5) is 4.79 Å². The van der Waals surface area contributed by atoms with Crippen LogP contribution >= 0.6 is 0 Å². The predicted molar refractivity (Wildman–Crippen MR) is 138 cm³/mol. The highest BCUT2D eigenvalue weighted by Gasteiger charge is 2.38. The molecule has 0 aliphatic heterocycles. The molecule has 4 rings (SSSR count). The van der Waals surface area contributed by atoms with Crippen molar-refractivity contribution < 1.29 is 33.8 Å². The third kappa shape index (κ3) is 5.90. The van der Waals surface area contributed by atoms with E-state index in [9.17, 15) is 24.3 Å². The number of ether oxygens (including phenoxy) is 2. The quantitative estimate of drug-likeness (QED) is 0.389. The number of carbonyl (C=O) groups is 4. The third-order valence-corrected chi connectivity index (χ3v) is 6.42. The number of hydrogen-bond acceptors (Lipinski definition) is 7. The fourth-order valence-electron chi connectivity index (χ4n) is 4.60. The van der Waals surface area contributed by atoms with Gasteiger partial charge in [-0.15, -0.1) is 0 Å². The second-order valence-corrected chi connectivity index (χ2v) is 8.81. The number of esters is 1. The molecule has 3 aromatic rings. The van der Waals surface area contributed by atoms with Gasteiger partial charge in [-0.2, -0.15) is 0 Å². The predicted octanol–water partition coefficient (Wildman–Crippen LogP) is 3.70. The molecule has 0 bridgehead atoms. The number of aliphatic carboxylic acids is 1. The molecule has 0 radical (unpaired) electrons. The summed E-state index contributed by atoms with van der Waals surface area (Å²) in [5.41, 5.74) is 10.2. The fourth-order valence-corrected chi connectivity index (χ4v) is 4.60. The average Bonchev–Trinajstić information content (AvgIpc) is 3.26. The van der Waals surface area contributed by atoms with Crippen LogP contribution in [0.25, 0.3) is 11.1 Å². The van der Waals surface area contributed by atoms with E-state index in [1.807, 2.05) is 48.5 Å². The number of carboxylic acid groups (broad SMARTS) is 1. The molecule has 0 heterocycles. The molecule has 0 saturated heterocycles. The summed E-state index contributed by atoms with van der Waals surface area (Å²) in [6.45, 7) is -0.787. The van der Waals surface area contributed by atoms with Crippen LogP contribution in [0.2, 0.25) is 0 Å². The molecule has 0 saturated carbocycles. The Kier molecular flexibility index (Phi) is 8.50. The van der Waals surface area contributed by atoms with E-state index < -0.39 is 42.9 Å². The van der Waals surface area contributed by atoms with Crippen molar-refractivity contribution in [3.63, 3.8) is 0 Å². The smallest absolute Gasteiger partial charge is 0.417 e. The Labute approximate surface area is 219 Å². The van der Waals surface area contributed by atoms with Crippen LogP contribution in [-0.4, -0.2) is 53.1 Å². The summed E-state index contributed by atoms with van der Waals surface area (Å²) in [6.07, 6.45) is -1.91. The summed E-state index contributed by atoms with van der Waals surface area (Å²) in [6, 6.07) is 22.9. The molecular formula is C29H28N2O7. The van der Waals surface area contributed by atoms with Gasteiger partial charge in [0.2, 0.25) is 5.91 Å². The number of rotatable bonds is 10. The van der Waals surface area contributed by atoms with E-state index in [1.165, 1.54) is 0 Å². The maximum absolute atomic E-state index is 13.3. The van der Waals surface area contributed by atoms with Crippen molar-refractivity contribution in [2.75, 3.05) is 13.2 Å². The summed E-state index contributed by atoms with van der Waals surface area (Å²) < 4.78 is 10.9. The van der Waals surface area contributed by atoms with E-state index in [4.69, 9.17) is 15.2 Å². The normalized spacial score (nSPS) is 12.7. The molecule has 3 aromatic carbocycles. The largest absolute Gasteiger partial charge is 0.481 e. The Hall–Kier alpha value is -4.50. The summed E-state index contributed by atoms with van der Waals surface area (Å²) in [4.78, 5) is 50.9. The molecule has 3 N–H and O–H groups in total. The lowest BCUT2D eigenvalue weighted by Crippen LogP contribution is -2.51. The van der Waals surface area contributed by atoms with Crippen LogP contribution in [-0.2, 0) is 30.5 Å². The van der Waals surface area contributed by atoms with Gasteiger partial charge in [0.05, 0.1) is 6.54 Å². The molecule has 1 aliphatic carbocycles. The number of nitrogens with two attached hydrogens (primary N) is 1. The third-order valence-electron chi connectivity index (χ3n) is 6.42. The first-order valence-corrected chi connectivity index (χ1v) is 12.2. The molecule has 2 amide bonds. The Morgan fingerprint density at radius 2 is 1.42 bits per heavy atom. The molecule has 9 heteroatoms. The minimum Gasteiger partial charge on any atom is -0.481 e. The number of carbonyl (C=O) groups excluding carboxylic acids is 3. The lowest BCUT2D eigenvalue weighted by atomic mass is 9.98. The van der Waals surface area contributed by atoms with E-state index >= 15 is 0 Å². The zero-order valence-electron chi connectivity index (χ0n) is 20.6. The first kappa shape index (κ1) is 26.6. The van der Waals surface area contributed by atoms with Crippen LogP contribution in [0.1, 0.15) is 35.4 Å². The van der Waals surface area contributed by atoms with Gasteiger partial charge in [0.1, 0.15) is 19.3 Å². The number of imide groups is 1. The zero-order valence-corrected chi connectivity index (χ0v) is 20.6. The first-order chi connectivity index (χ1) is 18.4. The van der Waals surface area contributed by atoms with Crippen LogP contribution in [0.15, 0.2) is 78.9 Å². The van der Waals surface area contributed by atoms with Crippen molar-refractivity contribution >= 4 is 23.9 Å².